The van der Waals surface area contributed by atoms with E-state index in [2.05, 4.69) is 39.0 Å². The van der Waals surface area contributed by atoms with Crippen molar-refractivity contribution in [2.75, 3.05) is 6.61 Å². The van der Waals surface area contributed by atoms with Gasteiger partial charge in [0.1, 0.15) is 18.0 Å². The zero-order valence-electron chi connectivity index (χ0n) is 19.1. The number of halogens is 1. The minimum absolute atomic E-state index is 0.122. The fourth-order valence-electron chi connectivity index (χ4n) is 4.40. The Morgan fingerprint density at radius 1 is 1.06 bits per heavy atom. The Labute approximate surface area is 190 Å². The lowest BCUT2D eigenvalue weighted by Gasteiger charge is -2.44. The first-order valence-corrected chi connectivity index (χ1v) is 11.5. The van der Waals surface area contributed by atoms with Crippen LogP contribution in [-0.2, 0) is 20.7 Å². The van der Waals surface area contributed by atoms with Crippen molar-refractivity contribution in [3.8, 4) is 5.75 Å². The molecular weight excluding hydrogens is 412 g/mol. The van der Waals surface area contributed by atoms with E-state index in [9.17, 15) is 4.79 Å². The number of ether oxygens (including phenoxy) is 3. The minimum atomic E-state index is -0.324. The minimum Gasteiger partial charge on any atom is -0.494 e. The molecule has 3 rings (SSSR count). The molecule has 2 aromatic carbocycles. The van der Waals surface area contributed by atoms with Gasteiger partial charge in [0.15, 0.2) is 0 Å². The van der Waals surface area contributed by atoms with E-state index in [1.54, 1.807) is 0 Å². The molecule has 0 N–H and O–H groups in total. The van der Waals surface area contributed by atoms with Crippen LogP contribution in [0.3, 0.4) is 0 Å². The first-order chi connectivity index (χ1) is 14.8. The van der Waals surface area contributed by atoms with Crippen LogP contribution >= 0.6 is 11.6 Å². The maximum atomic E-state index is 11.8. The zero-order chi connectivity index (χ0) is 22.5. The van der Waals surface area contributed by atoms with E-state index in [-0.39, 0.29) is 30.2 Å². The van der Waals surface area contributed by atoms with Crippen molar-refractivity contribution in [2.45, 2.75) is 65.8 Å². The van der Waals surface area contributed by atoms with E-state index in [4.69, 9.17) is 25.8 Å². The average Bonchev–Trinajstić information content (AvgIpc) is 2.75. The molecule has 4 nitrogen and oxygen atoms in total. The second-order valence-electron chi connectivity index (χ2n) is 8.40. The molecule has 2 aromatic rings. The summed E-state index contributed by atoms with van der Waals surface area (Å²) in [6, 6.07) is 14.1. The van der Waals surface area contributed by atoms with E-state index in [0.29, 0.717) is 24.0 Å². The van der Waals surface area contributed by atoms with Crippen molar-refractivity contribution in [1.82, 2.24) is 0 Å². The first kappa shape index (κ1) is 23.6. The molecule has 5 atom stereocenters. The summed E-state index contributed by atoms with van der Waals surface area (Å²) in [5.41, 5.74) is 3.17. The van der Waals surface area contributed by atoms with Gasteiger partial charge in [-0.3, -0.25) is 4.79 Å². The lowest BCUT2D eigenvalue weighted by molar-refractivity contribution is -0.196. The molecule has 0 saturated carbocycles. The van der Waals surface area contributed by atoms with Gasteiger partial charge in [-0.05, 0) is 60.6 Å². The molecule has 1 aliphatic rings. The molecule has 0 aromatic heterocycles. The standard InChI is InChI=1S/C26H33ClO4/c1-6-24-16(3)17(4)25(30-18(5)28)26(31-24)20-10-13-23(27)21(15-20)14-19-8-11-22(12-9-19)29-7-2/h8-13,15-17,24-26H,6-7,14H2,1-5H3. The second-order valence-corrected chi connectivity index (χ2v) is 8.81. The third-order valence-electron chi connectivity index (χ3n) is 6.29. The van der Waals surface area contributed by atoms with E-state index in [1.807, 2.05) is 31.2 Å². The summed E-state index contributed by atoms with van der Waals surface area (Å²) in [4.78, 5) is 11.8. The van der Waals surface area contributed by atoms with Gasteiger partial charge in [-0.2, -0.15) is 0 Å². The van der Waals surface area contributed by atoms with E-state index in [1.165, 1.54) is 6.92 Å². The van der Waals surface area contributed by atoms with Crippen molar-refractivity contribution >= 4 is 17.6 Å². The Morgan fingerprint density at radius 3 is 2.39 bits per heavy atom. The highest BCUT2D eigenvalue weighted by Crippen LogP contribution is 2.42. The Bertz CT molecular complexity index is 879. The van der Waals surface area contributed by atoms with Crippen LogP contribution in [0.4, 0.5) is 0 Å². The summed E-state index contributed by atoms with van der Waals surface area (Å²) < 4.78 is 17.7. The number of carbonyl (C=O) groups excluding carboxylic acids is 1. The molecule has 1 saturated heterocycles. The highest BCUT2D eigenvalue weighted by Gasteiger charge is 2.43. The molecule has 5 heteroatoms. The molecule has 0 bridgehead atoms. The van der Waals surface area contributed by atoms with Crippen molar-refractivity contribution in [1.29, 1.82) is 0 Å². The van der Waals surface area contributed by atoms with Crippen LogP contribution in [0.2, 0.25) is 5.02 Å². The summed E-state index contributed by atoms with van der Waals surface area (Å²) in [5, 5.41) is 0.714. The SMILES string of the molecule is CCOc1ccc(Cc2cc(C3OC(CC)C(C)C(C)C3OC(C)=O)ccc2Cl)cc1. The van der Waals surface area contributed by atoms with Crippen LogP contribution in [0, 0.1) is 11.8 Å². The molecule has 0 radical (unpaired) electrons. The highest BCUT2D eigenvalue weighted by atomic mass is 35.5. The molecule has 5 unspecified atom stereocenters. The monoisotopic (exact) mass is 444 g/mol. The Balaban J connectivity index is 1.89. The summed E-state index contributed by atoms with van der Waals surface area (Å²) >= 11 is 6.54. The van der Waals surface area contributed by atoms with Crippen LogP contribution in [-0.4, -0.2) is 24.8 Å². The largest absolute Gasteiger partial charge is 0.494 e. The van der Waals surface area contributed by atoms with Crippen LogP contribution in [0.5, 0.6) is 5.75 Å². The lowest BCUT2D eigenvalue weighted by Crippen LogP contribution is -2.46. The predicted octanol–water partition coefficient (Wildman–Crippen LogP) is 6.38. The van der Waals surface area contributed by atoms with Crippen molar-refractivity contribution < 1.29 is 19.0 Å². The highest BCUT2D eigenvalue weighted by molar-refractivity contribution is 6.31. The van der Waals surface area contributed by atoms with Crippen molar-refractivity contribution in [3.63, 3.8) is 0 Å². The number of rotatable bonds is 7. The third-order valence-corrected chi connectivity index (χ3v) is 6.65. The molecular formula is C26H33ClO4. The van der Waals surface area contributed by atoms with Gasteiger partial charge < -0.3 is 14.2 Å². The molecule has 0 aliphatic carbocycles. The maximum absolute atomic E-state index is 11.8. The smallest absolute Gasteiger partial charge is 0.303 e. The van der Waals surface area contributed by atoms with Crippen LogP contribution in [0.25, 0.3) is 0 Å². The summed E-state index contributed by atoms with van der Waals surface area (Å²) in [6.45, 7) is 10.5. The topological polar surface area (TPSA) is 44.8 Å². The fourth-order valence-corrected chi connectivity index (χ4v) is 4.58. The number of carbonyl (C=O) groups is 1. The number of hydrogen-bond donors (Lipinski definition) is 0. The molecule has 1 fully saturated rings. The predicted molar refractivity (Wildman–Crippen MR) is 124 cm³/mol. The number of hydrogen-bond acceptors (Lipinski definition) is 4. The summed E-state index contributed by atoms with van der Waals surface area (Å²) in [5.74, 6) is 1.08. The van der Waals surface area contributed by atoms with Gasteiger partial charge in [0.05, 0.1) is 12.7 Å². The van der Waals surface area contributed by atoms with Gasteiger partial charge in [-0.15, -0.1) is 0 Å². The van der Waals surface area contributed by atoms with E-state index >= 15 is 0 Å². The Hall–Kier alpha value is -2.04. The number of esters is 1. The molecule has 31 heavy (non-hydrogen) atoms. The van der Waals surface area contributed by atoms with E-state index in [0.717, 1.165) is 28.9 Å². The lowest BCUT2D eigenvalue weighted by atomic mass is 9.78. The second kappa shape index (κ2) is 10.5. The summed E-state index contributed by atoms with van der Waals surface area (Å²) in [6.07, 6.45) is 1.11. The van der Waals surface area contributed by atoms with Crippen molar-refractivity contribution in [3.05, 3.63) is 64.2 Å². The van der Waals surface area contributed by atoms with E-state index < -0.39 is 0 Å². The quantitative estimate of drug-likeness (QED) is 0.464. The summed E-state index contributed by atoms with van der Waals surface area (Å²) in [7, 11) is 0. The van der Waals surface area contributed by atoms with Gasteiger partial charge in [-0.25, -0.2) is 0 Å². The molecule has 168 valence electrons. The molecule has 1 aliphatic heterocycles. The fraction of sp³-hybridized carbons (Fsp3) is 0.500. The van der Waals surface area contributed by atoms with Gasteiger partial charge in [0, 0.05) is 17.9 Å². The first-order valence-electron chi connectivity index (χ1n) is 11.2. The Kier molecular flexibility index (Phi) is 8.01. The van der Waals surface area contributed by atoms with Crippen LogP contribution in [0.1, 0.15) is 63.8 Å². The van der Waals surface area contributed by atoms with Crippen LogP contribution < -0.4 is 4.74 Å². The van der Waals surface area contributed by atoms with Gasteiger partial charge >= 0.3 is 5.97 Å². The average molecular weight is 445 g/mol. The molecule has 1 heterocycles. The number of benzene rings is 2. The van der Waals surface area contributed by atoms with Gasteiger partial charge in [0.2, 0.25) is 0 Å². The third kappa shape index (κ3) is 5.61. The maximum Gasteiger partial charge on any atom is 0.303 e. The normalized spacial score (nSPS) is 25.8. The van der Waals surface area contributed by atoms with Crippen molar-refractivity contribution in [2.24, 2.45) is 11.8 Å². The Morgan fingerprint density at radius 2 is 1.77 bits per heavy atom. The zero-order valence-corrected chi connectivity index (χ0v) is 19.8. The molecule has 0 spiro atoms. The van der Waals surface area contributed by atoms with Gasteiger partial charge in [-0.1, -0.05) is 56.6 Å². The van der Waals surface area contributed by atoms with Gasteiger partial charge in [0.25, 0.3) is 0 Å². The van der Waals surface area contributed by atoms with Crippen LogP contribution in [0.15, 0.2) is 42.5 Å². The molecule has 0 amide bonds.